The first kappa shape index (κ1) is 18.3. The number of non-ortho nitro benzene ring substituents is 1. The van der Waals surface area contributed by atoms with Crippen molar-refractivity contribution in [1.82, 2.24) is 0 Å². The van der Waals surface area contributed by atoms with E-state index < -0.39 is 15.0 Å². The van der Waals surface area contributed by atoms with Crippen molar-refractivity contribution >= 4 is 15.8 Å². The Kier molecular flexibility index (Phi) is 5.32. The Morgan fingerprint density at radius 1 is 0.880 bits per heavy atom. The maximum Gasteiger partial charge on any atom is 0.342 e. The maximum atomic E-state index is 12.5. The largest absolute Gasteiger partial charge is 0.496 e. The molecular weight excluding hydrogens is 354 g/mol. The molecule has 2 aromatic rings. The summed E-state index contributed by atoms with van der Waals surface area (Å²) in [4.78, 5) is 9.80. The highest BCUT2D eigenvalue weighted by molar-refractivity contribution is 7.87. The van der Waals surface area contributed by atoms with Crippen LogP contribution < -0.4 is 18.4 Å². The van der Waals surface area contributed by atoms with Gasteiger partial charge in [0.15, 0.2) is 0 Å². The smallest absolute Gasteiger partial charge is 0.342 e. The lowest BCUT2D eigenvalue weighted by Gasteiger charge is -2.12. The molecule has 0 N–H and O–H groups in total. The third-order valence-electron chi connectivity index (χ3n) is 3.16. The van der Waals surface area contributed by atoms with Gasteiger partial charge in [0.1, 0.15) is 27.9 Å². The van der Waals surface area contributed by atoms with Crippen LogP contribution in [0.4, 0.5) is 5.69 Å². The first-order valence-corrected chi connectivity index (χ1v) is 8.21. The Morgan fingerprint density at radius 2 is 1.44 bits per heavy atom. The van der Waals surface area contributed by atoms with E-state index in [-0.39, 0.29) is 22.1 Å². The molecule has 134 valence electrons. The van der Waals surface area contributed by atoms with Crippen LogP contribution in [0.1, 0.15) is 0 Å². The Bertz CT molecular complexity index is 872. The van der Waals surface area contributed by atoms with E-state index in [1.807, 2.05) is 0 Å². The predicted octanol–water partition coefficient (Wildman–Crippen LogP) is 2.39. The summed E-state index contributed by atoms with van der Waals surface area (Å²) < 4.78 is 45.1. The lowest BCUT2D eigenvalue weighted by Crippen LogP contribution is -2.11. The highest BCUT2D eigenvalue weighted by atomic mass is 32.2. The molecule has 0 saturated carbocycles. The number of nitro benzene ring substituents is 1. The van der Waals surface area contributed by atoms with E-state index in [1.54, 1.807) is 6.07 Å². The van der Waals surface area contributed by atoms with Crippen LogP contribution in [0.15, 0.2) is 41.3 Å². The molecule has 2 aromatic carbocycles. The predicted molar refractivity (Wildman–Crippen MR) is 87.0 cm³/mol. The van der Waals surface area contributed by atoms with Crippen molar-refractivity contribution < 1.29 is 31.7 Å². The SMILES string of the molecule is COc1cc(OC)cc(OS(=O)(=O)c2ccc([N+](=O)[O-])cc2OC)c1. The molecule has 0 amide bonds. The van der Waals surface area contributed by atoms with Crippen molar-refractivity contribution in [3.8, 4) is 23.0 Å². The van der Waals surface area contributed by atoms with Crippen molar-refractivity contribution in [2.75, 3.05) is 21.3 Å². The van der Waals surface area contributed by atoms with Gasteiger partial charge in [-0.25, -0.2) is 0 Å². The van der Waals surface area contributed by atoms with E-state index in [1.165, 1.54) is 33.5 Å². The van der Waals surface area contributed by atoms with Gasteiger partial charge in [-0.05, 0) is 6.07 Å². The number of nitrogens with zero attached hydrogens (tertiary/aromatic N) is 1. The van der Waals surface area contributed by atoms with E-state index >= 15 is 0 Å². The summed E-state index contributed by atoms with van der Waals surface area (Å²) in [5.74, 6) is 0.418. The number of benzene rings is 2. The Labute approximate surface area is 144 Å². The first-order valence-electron chi connectivity index (χ1n) is 6.80. The highest BCUT2D eigenvalue weighted by Crippen LogP contribution is 2.33. The summed E-state index contributed by atoms with van der Waals surface area (Å²) in [7, 11) is -0.288. The van der Waals surface area contributed by atoms with Gasteiger partial charge in [0.25, 0.3) is 5.69 Å². The molecule has 0 bridgehead atoms. The summed E-state index contributed by atoms with van der Waals surface area (Å²) in [5, 5.41) is 10.8. The Balaban J connectivity index is 2.44. The third-order valence-corrected chi connectivity index (χ3v) is 4.45. The van der Waals surface area contributed by atoms with Crippen LogP contribution in [0.5, 0.6) is 23.0 Å². The van der Waals surface area contributed by atoms with Crippen LogP contribution in [-0.2, 0) is 10.1 Å². The van der Waals surface area contributed by atoms with Gasteiger partial charge in [0.2, 0.25) is 0 Å². The maximum absolute atomic E-state index is 12.5. The summed E-state index contributed by atoms with van der Waals surface area (Å²) in [6, 6.07) is 7.36. The molecule has 0 atom stereocenters. The highest BCUT2D eigenvalue weighted by Gasteiger charge is 2.25. The summed E-state index contributed by atoms with van der Waals surface area (Å²) in [6.45, 7) is 0. The minimum Gasteiger partial charge on any atom is -0.496 e. The molecule has 0 spiro atoms. The van der Waals surface area contributed by atoms with Crippen LogP contribution in [-0.4, -0.2) is 34.7 Å². The van der Waals surface area contributed by atoms with Crippen molar-refractivity contribution in [3.63, 3.8) is 0 Å². The fourth-order valence-corrected chi connectivity index (χ4v) is 3.04. The van der Waals surface area contributed by atoms with E-state index in [0.29, 0.717) is 11.5 Å². The lowest BCUT2D eigenvalue weighted by molar-refractivity contribution is -0.385. The summed E-state index contributed by atoms with van der Waals surface area (Å²) in [6.07, 6.45) is 0. The molecule has 0 heterocycles. The summed E-state index contributed by atoms with van der Waals surface area (Å²) in [5.41, 5.74) is -0.307. The van der Waals surface area contributed by atoms with E-state index in [4.69, 9.17) is 18.4 Å². The van der Waals surface area contributed by atoms with Crippen molar-refractivity contribution in [2.24, 2.45) is 0 Å². The average molecular weight is 369 g/mol. The quantitative estimate of drug-likeness (QED) is 0.415. The molecule has 25 heavy (non-hydrogen) atoms. The van der Waals surface area contributed by atoms with Crippen LogP contribution in [0, 0.1) is 10.1 Å². The molecule has 0 aliphatic rings. The van der Waals surface area contributed by atoms with E-state index in [2.05, 4.69) is 0 Å². The topological polar surface area (TPSA) is 114 Å². The van der Waals surface area contributed by atoms with Crippen LogP contribution in [0.2, 0.25) is 0 Å². The minimum absolute atomic E-state index is 0.0448. The zero-order chi connectivity index (χ0) is 18.6. The second kappa shape index (κ2) is 7.26. The molecular formula is C15H15NO8S. The molecule has 2 rings (SSSR count). The Hall–Kier alpha value is -3.01. The van der Waals surface area contributed by atoms with Gasteiger partial charge < -0.3 is 18.4 Å². The zero-order valence-electron chi connectivity index (χ0n) is 13.6. The normalized spacial score (nSPS) is 10.8. The minimum atomic E-state index is -4.31. The monoisotopic (exact) mass is 369 g/mol. The second-order valence-corrected chi connectivity index (χ2v) is 6.19. The molecule has 0 aliphatic carbocycles. The van der Waals surface area contributed by atoms with Gasteiger partial charge in [-0.1, -0.05) is 0 Å². The molecule has 0 radical (unpaired) electrons. The van der Waals surface area contributed by atoms with Crippen LogP contribution >= 0.6 is 0 Å². The summed E-state index contributed by atoms with van der Waals surface area (Å²) >= 11 is 0. The van der Waals surface area contributed by atoms with Gasteiger partial charge in [-0.15, -0.1) is 0 Å². The zero-order valence-corrected chi connectivity index (χ0v) is 14.4. The standard InChI is InChI=1S/C15H15NO8S/c1-21-11-7-12(22-2)9-13(8-11)24-25(19,20)15-5-4-10(16(17)18)6-14(15)23-3/h4-9H,1-3H3. The number of ether oxygens (including phenoxy) is 3. The number of rotatable bonds is 7. The number of methoxy groups -OCH3 is 3. The second-order valence-electron chi connectivity index (χ2n) is 4.68. The molecule has 0 aromatic heterocycles. The first-order chi connectivity index (χ1) is 11.8. The van der Waals surface area contributed by atoms with Crippen LogP contribution in [0.25, 0.3) is 0 Å². The fraction of sp³-hybridized carbons (Fsp3) is 0.200. The van der Waals surface area contributed by atoms with Crippen molar-refractivity contribution in [3.05, 3.63) is 46.5 Å². The van der Waals surface area contributed by atoms with Gasteiger partial charge in [-0.2, -0.15) is 8.42 Å². The van der Waals surface area contributed by atoms with Crippen LogP contribution in [0.3, 0.4) is 0 Å². The number of nitro groups is 1. The molecule has 0 saturated heterocycles. The average Bonchev–Trinajstić information content (AvgIpc) is 2.60. The molecule has 0 fully saturated rings. The van der Waals surface area contributed by atoms with Crippen molar-refractivity contribution in [2.45, 2.75) is 4.90 Å². The Morgan fingerprint density at radius 3 is 1.92 bits per heavy atom. The fourth-order valence-electron chi connectivity index (χ4n) is 1.98. The third kappa shape index (κ3) is 4.10. The molecule has 0 aliphatic heterocycles. The molecule has 9 nitrogen and oxygen atoms in total. The lowest BCUT2D eigenvalue weighted by atomic mass is 10.3. The molecule has 0 unspecified atom stereocenters. The van der Waals surface area contributed by atoms with Gasteiger partial charge >= 0.3 is 10.1 Å². The van der Waals surface area contributed by atoms with E-state index in [0.717, 1.165) is 18.2 Å². The van der Waals surface area contributed by atoms with E-state index in [9.17, 15) is 18.5 Å². The molecule has 10 heteroatoms. The van der Waals surface area contributed by atoms with Gasteiger partial charge in [-0.3, -0.25) is 10.1 Å². The number of hydrogen-bond donors (Lipinski definition) is 0. The van der Waals surface area contributed by atoms with Gasteiger partial charge in [0, 0.05) is 24.3 Å². The van der Waals surface area contributed by atoms with Crippen molar-refractivity contribution in [1.29, 1.82) is 0 Å². The van der Waals surface area contributed by atoms with Gasteiger partial charge in [0.05, 0.1) is 32.3 Å². The number of hydrogen-bond acceptors (Lipinski definition) is 8.